The molecule has 2 aromatic rings. The second kappa shape index (κ2) is 7.54. The molecule has 0 bridgehead atoms. The van der Waals surface area contributed by atoms with Gasteiger partial charge in [-0.3, -0.25) is 0 Å². The molecule has 1 heterocycles. The largest absolute Gasteiger partial charge is 0.462 e. The first-order valence-electron chi connectivity index (χ1n) is 8.57. The van der Waals surface area contributed by atoms with Gasteiger partial charge in [-0.2, -0.15) is 4.72 Å². The van der Waals surface area contributed by atoms with Crippen molar-refractivity contribution in [3.05, 3.63) is 71.0 Å². The zero-order valence-corrected chi connectivity index (χ0v) is 16.2. The molecule has 0 amide bonds. The number of aryl methyl sites for hydroxylation is 1. The first-order chi connectivity index (χ1) is 12.8. The Labute approximate surface area is 158 Å². The Bertz CT molecular complexity index is 993. The zero-order chi connectivity index (χ0) is 19.6. The molecule has 0 spiro atoms. The summed E-state index contributed by atoms with van der Waals surface area (Å²) in [6, 6.07) is 12.6. The SMILES string of the molecule is CCOC(=O)C1=C(C)Oc2ccccc2C1NS(=O)(=O)c1ccc(C)cc1. The number of carbonyl (C=O) groups is 1. The molecule has 1 aliphatic rings. The van der Waals surface area contributed by atoms with Crippen molar-refractivity contribution >= 4 is 16.0 Å². The number of para-hydroxylation sites is 1. The number of carbonyl (C=O) groups excluding carboxylic acids is 1. The van der Waals surface area contributed by atoms with Crippen molar-refractivity contribution < 1.29 is 22.7 Å². The van der Waals surface area contributed by atoms with Crippen LogP contribution < -0.4 is 9.46 Å². The van der Waals surface area contributed by atoms with Gasteiger partial charge in [-0.1, -0.05) is 35.9 Å². The van der Waals surface area contributed by atoms with Crippen LogP contribution in [0.15, 0.2) is 64.8 Å². The molecule has 1 aliphatic heterocycles. The highest BCUT2D eigenvalue weighted by molar-refractivity contribution is 7.89. The highest BCUT2D eigenvalue weighted by Crippen LogP contribution is 2.38. The monoisotopic (exact) mass is 387 g/mol. The lowest BCUT2D eigenvalue weighted by Gasteiger charge is -2.29. The van der Waals surface area contributed by atoms with Gasteiger partial charge in [-0.05, 0) is 39.0 Å². The number of ether oxygens (including phenoxy) is 2. The summed E-state index contributed by atoms with van der Waals surface area (Å²) < 4.78 is 39.3. The standard InChI is InChI=1S/C20H21NO5S/c1-4-25-20(22)18-14(3)26-17-8-6-5-7-16(17)19(18)21-27(23,24)15-11-9-13(2)10-12-15/h5-12,19,21H,4H2,1-3H3. The van der Waals surface area contributed by atoms with E-state index in [-0.39, 0.29) is 17.1 Å². The van der Waals surface area contributed by atoms with E-state index in [1.165, 1.54) is 12.1 Å². The van der Waals surface area contributed by atoms with Crippen molar-refractivity contribution in [3.63, 3.8) is 0 Å². The zero-order valence-electron chi connectivity index (χ0n) is 15.4. The lowest BCUT2D eigenvalue weighted by molar-refractivity contribution is -0.139. The van der Waals surface area contributed by atoms with Crippen LogP contribution in [-0.2, 0) is 19.6 Å². The summed E-state index contributed by atoms with van der Waals surface area (Å²) in [6.07, 6.45) is 0. The molecule has 0 aliphatic carbocycles. The fourth-order valence-corrected chi connectivity index (χ4v) is 4.11. The highest BCUT2D eigenvalue weighted by Gasteiger charge is 2.36. The maximum absolute atomic E-state index is 12.9. The number of benzene rings is 2. The van der Waals surface area contributed by atoms with E-state index in [1.807, 2.05) is 6.92 Å². The topological polar surface area (TPSA) is 81.7 Å². The van der Waals surface area contributed by atoms with Crippen LogP contribution in [-0.4, -0.2) is 21.0 Å². The van der Waals surface area contributed by atoms with Gasteiger partial charge in [-0.15, -0.1) is 0 Å². The molecule has 3 rings (SSSR count). The molecule has 2 aromatic carbocycles. The minimum atomic E-state index is -3.87. The first-order valence-corrected chi connectivity index (χ1v) is 10.1. The molecule has 6 nitrogen and oxygen atoms in total. The summed E-state index contributed by atoms with van der Waals surface area (Å²) in [6.45, 7) is 5.37. The molecule has 142 valence electrons. The van der Waals surface area contributed by atoms with Crippen LogP contribution in [0, 0.1) is 6.92 Å². The molecule has 0 radical (unpaired) electrons. The number of nitrogens with one attached hydrogen (secondary N) is 1. The van der Waals surface area contributed by atoms with Crippen LogP contribution in [0.3, 0.4) is 0 Å². The third-order valence-corrected chi connectivity index (χ3v) is 5.70. The summed E-state index contributed by atoms with van der Waals surface area (Å²) in [7, 11) is -3.87. The van der Waals surface area contributed by atoms with Crippen molar-refractivity contribution in [2.24, 2.45) is 0 Å². The van der Waals surface area contributed by atoms with Gasteiger partial charge < -0.3 is 9.47 Å². The van der Waals surface area contributed by atoms with Gasteiger partial charge in [0.05, 0.1) is 23.1 Å². The van der Waals surface area contributed by atoms with E-state index < -0.39 is 22.0 Å². The van der Waals surface area contributed by atoms with E-state index in [9.17, 15) is 13.2 Å². The fourth-order valence-electron chi connectivity index (χ4n) is 2.92. The summed E-state index contributed by atoms with van der Waals surface area (Å²) >= 11 is 0. The van der Waals surface area contributed by atoms with E-state index >= 15 is 0 Å². The lowest BCUT2D eigenvalue weighted by atomic mass is 9.95. The second-order valence-corrected chi connectivity index (χ2v) is 7.91. The number of fused-ring (bicyclic) bond motifs is 1. The van der Waals surface area contributed by atoms with E-state index in [0.29, 0.717) is 17.1 Å². The van der Waals surface area contributed by atoms with E-state index in [2.05, 4.69) is 4.72 Å². The third-order valence-electron chi connectivity index (χ3n) is 4.26. The fraction of sp³-hybridized carbons (Fsp3) is 0.250. The lowest BCUT2D eigenvalue weighted by Crippen LogP contribution is -2.35. The molecule has 0 aromatic heterocycles. The number of hydrogen-bond donors (Lipinski definition) is 1. The van der Waals surface area contributed by atoms with Crippen molar-refractivity contribution in [3.8, 4) is 5.75 Å². The number of esters is 1. The Morgan fingerprint density at radius 3 is 2.44 bits per heavy atom. The Morgan fingerprint density at radius 1 is 1.11 bits per heavy atom. The predicted octanol–water partition coefficient (Wildman–Crippen LogP) is 3.24. The van der Waals surface area contributed by atoms with Gasteiger partial charge in [0.25, 0.3) is 0 Å². The Hall–Kier alpha value is -2.64. The Balaban J connectivity index is 2.06. The number of rotatable bonds is 5. The van der Waals surface area contributed by atoms with Crippen LogP contribution >= 0.6 is 0 Å². The molecule has 27 heavy (non-hydrogen) atoms. The summed E-state index contributed by atoms with van der Waals surface area (Å²) in [5.41, 5.74) is 1.65. The summed E-state index contributed by atoms with van der Waals surface area (Å²) in [5.74, 6) is 0.199. The van der Waals surface area contributed by atoms with Gasteiger partial charge in [0.15, 0.2) is 0 Å². The maximum atomic E-state index is 12.9. The van der Waals surface area contributed by atoms with Crippen LogP contribution in [0.1, 0.15) is 31.0 Å². The van der Waals surface area contributed by atoms with Crippen LogP contribution in [0.25, 0.3) is 0 Å². The first kappa shape index (κ1) is 19.1. The van der Waals surface area contributed by atoms with E-state index in [4.69, 9.17) is 9.47 Å². The number of allylic oxidation sites excluding steroid dienone is 1. The third kappa shape index (κ3) is 3.89. The van der Waals surface area contributed by atoms with Crippen LogP contribution in [0.5, 0.6) is 5.75 Å². The van der Waals surface area contributed by atoms with Gasteiger partial charge in [0.2, 0.25) is 10.0 Å². The predicted molar refractivity (Wildman–Crippen MR) is 101 cm³/mol. The second-order valence-electron chi connectivity index (χ2n) is 6.20. The molecule has 1 N–H and O–H groups in total. The van der Waals surface area contributed by atoms with Gasteiger partial charge in [0.1, 0.15) is 11.5 Å². The van der Waals surface area contributed by atoms with E-state index in [1.54, 1.807) is 50.2 Å². The van der Waals surface area contributed by atoms with E-state index in [0.717, 1.165) is 5.56 Å². The van der Waals surface area contributed by atoms with Crippen LogP contribution in [0.2, 0.25) is 0 Å². The minimum Gasteiger partial charge on any atom is -0.462 e. The van der Waals surface area contributed by atoms with Gasteiger partial charge in [-0.25, -0.2) is 13.2 Å². The van der Waals surface area contributed by atoms with Crippen molar-refractivity contribution in [1.29, 1.82) is 0 Å². The number of sulfonamides is 1. The van der Waals surface area contributed by atoms with Gasteiger partial charge >= 0.3 is 5.97 Å². The highest BCUT2D eigenvalue weighted by atomic mass is 32.2. The van der Waals surface area contributed by atoms with Crippen molar-refractivity contribution in [2.45, 2.75) is 31.7 Å². The Kier molecular flexibility index (Phi) is 5.34. The normalized spacial score (nSPS) is 16.5. The van der Waals surface area contributed by atoms with Crippen molar-refractivity contribution in [1.82, 2.24) is 4.72 Å². The smallest absolute Gasteiger partial charge is 0.339 e. The molecule has 1 atom stereocenters. The molecular formula is C20H21NO5S. The molecule has 7 heteroatoms. The summed E-state index contributed by atoms with van der Waals surface area (Å²) in [4.78, 5) is 12.6. The quantitative estimate of drug-likeness (QED) is 0.797. The molecule has 0 saturated heterocycles. The minimum absolute atomic E-state index is 0.123. The molecular weight excluding hydrogens is 366 g/mol. The average molecular weight is 387 g/mol. The number of hydrogen-bond acceptors (Lipinski definition) is 5. The van der Waals surface area contributed by atoms with Crippen molar-refractivity contribution in [2.75, 3.05) is 6.61 Å². The molecule has 0 fully saturated rings. The molecule has 1 unspecified atom stereocenters. The average Bonchev–Trinajstić information content (AvgIpc) is 2.62. The molecule has 0 saturated carbocycles. The van der Waals surface area contributed by atoms with Gasteiger partial charge in [0, 0.05) is 5.56 Å². The summed E-state index contributed by atoms with van der Waals surface area (Å²) in [5, 5.41) is 0. The maximum Gasteiger partial charge on any atom is 0.339 e. The van der Waals surface area contributed by atoms with Crippen LogP contribution in [0.4, 0.5) is 0 Å². The Morgan fingerprint density at radius 2 is 1.78 bits per heavy atom.